The van der Waals surface area contributed by atoms with Crippen molar-refractivity contribution in [1.29, 1.82) is 0 Å². The fourth-order valence-corrected chi connectivity index (χ4v) is 3.50. The highest BCUT2D eigenvalue weighted by Crippen LogP contribution is 2.13. The molecule has 0 aliphatic rings. The quantitative estimate of drug-likeness (QED) is 0.210. The summed E-state index contributed by atoms with van der Waals surface area (Å²) >= 11 is 0. The summed E-state index contributed by atoms with van der Waals surface area (Å²) in [4.78, 5) is 33.2. The van der Waals surface area contributed by atoms with Gasteiger partial charge in [-0.15, -0.1) is 0 Å². The molecule has 3 N–H and O–H groups in total. The maximum Gasteiger partial charge on any atom is 0.326 e. The highest BCUT2D eigenvalue weighted by atomic mass is 16.4. The standard InChI is InChI=1S/C23H43NO5/c1-2-17-20(23(28)29)24-21(25)18-15-13-11-9-7-5-3-4-6-8-10-12-14-16-19-22(26)27/h20H,2-19H2,1H3,(H,24,25)(H,26,27)(H,28,29). The summed E-state index contributed by atoms with van der Waals surface area (Å²) in [6.07, 6.45) is 18.0. The zero-order valence-corrected chi connectivity index (χ0v) is 18.4. The summed E-state index contributed by atoms with van der Waals surface area (Å²) < 4.78 is 0. The van der Waals surface area contributed by atoms with Gasteiger partial charge in [0.1, 0.15) is 6.04 Å². The van der Waals surface area contributed by atoms with Crippen LogP contribution in [-0.2, 0) is 14.4 Å². The fourth-order valence-electron chi connectivity index (χ4n) is 3.50. The maximum absolute atomic E-state index is 11.8. The first-order valence-electron chi connectivity index (χ1n) is 11.7. The molecule has 0 heterocycles. The van der Waals surface area contributed by atoms with E-state index in [2.05, 4.69) is 5.32 Å². The number of carboxylic acids is 2. The van der Waals surface area contributed by atoms with Gasteiger partial charge < -0.3 is 15.5 Å². The van der Waals surface area contributed by atoms with E-state index in [4.69, 9.17) is 10.2 Å². The van der Waals surface area contributed by atoms with Crippen LogP contribution in [0.2, 0.25) is 0 Å². The minimum atomic E-state index is -0.948. The second-order valence-corrected chi connectivity index (χ2v) is 8.09. The monoisotopic (exact) mass is 413 g/mol. The van der Waals surface area contributed by atoms with Crippen LogP contribution in [0.25, 0.3) is 0 Å². The van der Waals surface area contributed by atoms with Gasteiger partial charge in [0.2, 0.25) is 5.91 Å². The molecule has 6 nitrogen and oxygen atoms in total. The Morgan fingerprint density at radius 1 is 0.655 bits per heavy atom. The van der Waals surface area contributed by atoms with Crippen molar-refractivity contribution in [2.24, 2.45) is 0 Å². The van der Waals surface area contributed by atoms with Crippen LogP contribution in [0.15, 0.2) is 0 Å². The molecular weight excluding hydrogens is 370 g/mol. The lowest BCUT2D eigenvalue weighted by molar-refractivity contribution is -0.142. The summed E-state index contributed by atoms with van der Waals surface area (Å²) in [5.74, 6) is -1.78. The molecule has 0 spiro atoms. The minimum absolute atomic E-state index is 0.146. The number of rotatable bonds is 21. The first-order chi connectivity index (χ1) is 14.0. The first-order valence-corrected chi connectivity index (χ1v) is 11.7. The Morgan fingerprint density at radius 2 is 1.03 bits per heavy atom. The smallest absolute Gasteiger partial charge is 0.326 e. The zero-order valence-electron chi connectivity index (χ0n) is 18.4. The van der Waals surface area contributed by atoms with Gasteiger partial charge in [0.15, 0.2) is 0 Å². The van der Waals surface area contributed by atoms with Gasteiger partial charge in [-0.3, -0.25) is 9.59 Å². The number of amides is 1. The molecule has 0 aromatic carbocycles. The van der Waals surface area contributed by atoms with E-state index < -0.39 is 18.0 Å². The second kappa shape index (κ2) is 19.7. The molecule has 0 saturated carbocycles. The SMILES string of the molecule is CCCC(NC(=O)CCCCCCCCCCCCCCCCC(=O)O)C(=O)O. The van der Waals surface area contributed by atoms with Gasteiger partial charge in [-0.05, 0) is 19.3 Å². The van der Waals surface area contributed by atoms with Crippen molar-refractivity contribution in [3.05, 3.63) is 0 Å². The highest BCUT2D eigenvalue weighted by Gasteiger charge is 2.18. The lowest BCUT2D eigenvalue weighted by Crippen LogP contribution is -2.40. The molecule has 0 radical (unpaired) electrons. The van der Waals surface area contributed by atoms with Gasteiger partial charge >= 0.3 is 11.9 Å². The highest BCUT2D eigenvalue weighted by molar-refractivity contribution is 5.83. The van der Waals surface area contributed by atoms with Crippen molar-refractivity contribution in [2.45, 2.75) is 129 Å². The molecule has 170 valence electrons. The zero-order chi connectivity index (χ0) is 21.7. The number of hydrogen-bond donors (Lipinski definition) is 3. The molecule has 1 amide bonds. The minimum Gasteiger partial charge on any atom is -0.481 e. The predicted molar refractivity (Wildman–Crippen MR) is 116 cm³/mol. The van der Waals surface area contributed by atoms with E-state index in [9.17, 15) is 14.4 Å². The predicted octanol–water partition coefficient (Wildman–Crippen LogP) is 5.68. The van der Waals surface area contributed by atoms with Crippen molar-refractivity contribution in [3.8, 4) is 0 Å². The summed E-state index contributed by atoms with van der Waals surface area (Å²) in [6, 6.07) is -0.746. The van der Waals surface area contributed by atoms with Gasteiger partial charge in [-0.25, -0.2) is 4.79 Å². The Hall–Kier alpha value is -1.59. The molecule has 0 aliphatic carbocycles. The van der Waals surface area contributed by atoms with Gasteiger partial charge in [0, 0.05) is 12.8 Å². The van der Waals surface area contributed by atoms with Gasteiger partial charge in [-0.2, -0.15) is 0 Å². The second-order valence-electron chi connectivity index (χ2n) is 8.09. The fraction of sp³-hybridized carbons (Fsp3) is 0.870. The topological polar surface area (TPSA) is 104 Å². The average Bonchev–Trinajstić information content (AvgIpc) is 2.67. The Balaban J connectivity index is 3.32. The molecule has 29 heavy (non-hydrogen) atoms. The van der Waals surface area contributed by atoms with Crippen LogP contribution in [0.1, 0.15) is 122 Å². The molecule has 0 fully saturated rings. The van der Waals surface area contributed by atoms with Crippen LogP contribution in [0.4, 0.5) is 0 Å². The van der Waals surface area contributed by atoms with E-state index in [0.29, 0.717) is 19.3 Å². The van der Waals surface area contributed by atoms with Crippen molar-refractivity contribution in [1.82, 2.24) is 5.32 Å². The normalized spacial score (nSPS) is 11.9. The first kappa shape index (κ1) is 27.4. The van der Waals surface area contributed by atoms with Crippen molar-refractivity contribution in [3.63, 3.8) is 0 Å². The molecule has 1 unspecified atom stereocenters. The van der Waals surface area contributed by atoms with Crippen LogP contribution < -0.4 is 5.32 Å². The van der Waals surface area contributed by atoms with Gasteiger partial charge in [-0.1, -0.05) is 90.4 Å². The molecule has 0 saturated heterocycles. The number of aliphatic carboxylic acids is 2. The molecule has 0 aromatic rings. The Labute approximate surface area is 176 Å². The number of carbonyl (C=O) groups is 3. The van der Waals surface area contributed by atoms with E-state index in [1.165, 1.54) is 51.4 Å². The Kier molecular flexibility index (Phi) is 18.6. The Bertz CT molecular complexity index is 439. The summed E-state index contributed by atoms with van der Waals surface area (Å²) in [7, 11) is 0. The van der Waals surface area contributed by atoms with Crippen LogP contribution >= 0.6 is 0 Å². The summed E-state index contributed by atoms with van der Waals surface area (Å²) in [5, 5.41) is 20.2. The lowest BCUT2D eigenvalue weighted by Gasteiger charge is -2.13. The van der Waals surface area contributed by atoms with E-state index in [-0.39, 0.29) is 5.91 Å². The molecule has 1 atom stereocenters. The molecule has 0 aromatic heterocycles. The van der Waals surface area contributed by atoms with Crippen LogP contribution in [0.5, 0.6) is 0 Å². The Morgan fingerprint density at radius 3 is 1.38 bits per heavy atom. The van der Waals surface area contributed by atoms with E-state index >= 15 is 0 Å². The van der Waals surface area contributed by atoms with Crippen molar-refractivity contribution >= 4 is 17.8 Å². The molecule has 0 aliphatic heterocycles. The number of carbonyl (C=O) groups excluding carboxylic acids is 1. The van der Waals surface area contributed by atoms with Crippen LogP contribution in [-0.4, -0.2) is 34.1 Å². The maximum atomic E-state index is 11.8. The number of unbranched alkanes of at least 4 members (excludes halogenated alkanes) is 13. The molecule has 0 rings (SSSR count). The lowest BCUT2D eigenvalue weighted by atomic mass is 10.0. The number of carboxylic acid groups (broad SMARTS) is 2. The third-order valence-electron chi connectivity index (χ3n) is 5.26. The third-order valence-corrected chi connectivity index (χ3v) is 5.26. The largest absolute Gasteiger partial charge is 0.481 e. The van der Waals surface area contributed by atoms with Gasteiger partial charge in [0.25, 0.3) is 0 Å². The summed E-state index contributed by atoms with van der Waals surface area (Å²) in [6.45, 7) is 1.91. The number of hydrogen-bond acceptors (Lipinski definition) is 3. The number of nitrogens with one attached hydrogen (secondary N) is 1. The van der Waals surface area contributed by atoms with E-state index in [1.54, 1.807) is 0 Å². The molecule has 0 bridgehead atoms. The van der Waals surface area contributed by atoms with Crippen molar-refractivity contribution in [2.75, 3.05) is 0 Å². The summed E-state index contributed by atoms with van der Waals surface area (Å²) in [5.41, 5.74) is 0. The molecule has 6 heteroatoms. The van der Waals surface area contributed by atoms with Gasteiger partial charge in [0.05, 0.1) is 0 Å². The average molecular weight is 414 g/mol. The van der Waals surface area contributed by atoms with Crippen LogP contribution in [0, 0.1) is 0 Å². The van der Waals surface area contributed by atoms with Crippen LogP contribution in [0.3, 0.4) is 0 Å². The molecular formula is C23H43NO5. The van der Waals surface area contributed by atoms with E-state index in [1.807, 2.05) is 6.92 Å². The van der Waals surface area contributed by atoms with E-state index in [0.717, 1.165) is 44.9 Å². The third kappa shape index (κ3) is 19.5. The van der Waals surface area contributed by atoms with Crippen molar-refractivity contribution < 1.29 is 24.6 Å².